The average molecular weight is 354 g/mol. The number of anilines is 1. The number of pyridine rings is 1. The van der Waals surface area contributed by atoms with Crippen LogP contribution in [0.3, 0.4) is 0 Å². The first-order valence-electron chi connectivity index (χ1n) is 9.44. The van der Waals surface area contributed by atoms with Crippen molar-refractivity contribution in [2.45, 2.75) is 51.9 Å². The summed E-state index contributed by atoms with van der Waals surface area (Å²) in [6.45, 7) is 4.05. The molecular weight excluding hydrogens is 328 g/mol. The fraction of sp³-hybridized carbons (Fsp3) is 0.526. The molecular formula is C19H26N6O. The van der Waals surface area contributed by atoms with Crippen molar-refractivity contribution in [2.75, 3.05) is 12.3 Å². The summed E-state index contributed by atoms with van der Waals surface area (Å²) >= 11 is 0. The highest BCUT2D eigenvalue weighted by molar-refractivity contribution is 5.79. The number of rotatable bonds is 5. The number of nitrogen functional groups attached to an aromatic ring is 1. The van der Waals surface area contributed by atoms with Crippen molar-refractivity contribution >= 4 is 11.7 Å². The summed E-state index contributed by atoms with van der Waals surface area (Å²) < 4.78 is 2.08. The smallest absolute Gasteiger partial charge is 0.223 e. The molecule has 1 aliphatic carbocycles. The van der Waals surface area contributed by atoms with E-state index in [1.807, 2.05) is 12.1 Å². The molecule has 1 fully saturated rings. The SMILES string of the molecule is Nc1ncccc1CN1CCCn2nc(CNC(=O)C3CCC3)cc2C1. The van der Waals surface area contributed by atoms with E-state index < -0.39 is 0 Å². The number of aryl methyl sites for hydroxylation is 1. The van der Waals surface area contributed by atoms with Crippen LogP contribution in [-0.4, -0.2) is 32.1 Å². The molecule has 7 nitrogen and oxygen atoms in total. The number of hydrogen-bond acceptors (Lipinski definition) is 5. The molecule has 0 aromatic carbocycles. The van der Waals surface area contributed by atoms with Crippen molar-refractivity contribution < 1.29 is 4.79 Å². The fourth-order valence-corrected chi connectivity index (χ4v) is 3.63. The van der Waals surface area contributed by atoms with Gasteiger partial charge >= 0.3 is 0 Å². The Morgan fingerprint density at radius 2 is 2.19 bits per heavy atom. The van der Waals surface area contributed by atoms with E-state index in [9.17, 15) is 4.79 Å². The zero-order chi connectivity index (χ0) is 17.9. The maximum absolute atomic E-state index is 12.0. The molecule has 0 spiro atoms. The van der Waals surface area contributed by atoms with Gasteiger partial charge in [0.25, 0.3) is 0 Å². The Hall–Kier alpha value is -2.41. The molecule has 3 heterocycles. The molecule has 0 atom stereocenters. The van der Waals surface area contributed by atoms with E-state index in [2.05, 4.69) is 31.0 Å². The van der Waals surface area contributed by atoms with Crippen molar-refractivity contribution in [1.29, 1.82) is 0 Å². The first-order valence-corrected chi connectivity index (χ1v) is 9.44. The number of carbonyl (C=O) groups excluding carboxylic acids is 1. The lowest BCUT2D eigenvalue weighted by atomic mass is 9.85. The normalized spacial score (nSPS) is 18.0. The maximum Gasteiger partial charge on any atom is 0.223 e. The first-order chi connectivity index (χ1) is 12.7. The van der Waals surface area contributed by atoms with Crippen LogP contribution >= 0.6 is 0 Å². The Balaban J connectivity index is 1.39. The fourth-order valence-electron chi connectivity index (χ4n) is 3.63. The minimum Gasteiger partial charge on any atom is -0.383 e. The lowest BCUT2D eigenvalue weighted by Crippen LogP contribution is -2.34. The zero-order valence-electron chi connectivity index (χ0n) is 15.0. The zero-order valence-corrected chi connectivity index (χ0v) is 15.0. The highest BCUT2D eigenvalue weighted by Crippen LogP contribution is 2.26. The predicted octanol–water partition coefficient (Wildman–Crippen LogP) is 1.68. The van der Waals surface area contributed by atoms with Crippen molar-refractivity contribution in [3.05, 3.63) is 41.3 Å². The number of nitrogens with one attached hydrogen (secondary N) is 1. The molecule has 0 bridgehead atoms. The Morgan fingerprint density at radius 1 is 1.31 bits per heavy atom. The highest BCUT2D eigenvalue weighted by Gasteiger charge is 2.25. The monoisotopic (exact) mass is 354 g/mol. The summed E-state index contributed by atoms with van der Waals surface area (Å²) in [6.07, 6.45) is 5.99. The van der Waals surface area contributed by atoms with Gasteiger partial charge in [0.2, 0.25) is 5.91 Å². The Morgan fingerprint density at radius 3 is 2.96 bits per heavy atom. The van der Waals surface area contributed by atoms with Crippen LogP contribution in [0.15, 0.2) is 24.4 Å². The molecule has 4 rings (SSSR count). The van der Waals surface area contributed by atoms with Crippen LogP contribution in [0.2, 0.25) is 0 Å². The van der Waals surface area contributed by atoms with Crippen LogP contribution in [0.1, 0.15) is 42.6 Å². The molecule has 26 heavy (non-hydrogen) atoms. The molecule has 2 aromatic rings. The van der Waals surface area contributed by atoms with E-state index in [0.717, 1.165) is 56.7 Å². The van der Waals surface area contributed by atoms with E-state index in [1.54, 1.807) is 6.20 Å². The average Bonchev–Trinajstić information content (AvgIpc) is 2.86. The third kappa shape index (κ3) is 3.72. The lowest BCUT2D eigenvalue weighted by Gasteiger charge is -2.23. The van der Waals surface area contributed by atoms with E-state index >= 15 is 0 Å². The Bertz CT molecular complexity index is 782. The number of amides is 1. The molecule has 1 saturated carbocycles. The summed E-state index contributed by atoms with van der Waals surface area (Å²) in [6, 6.07) is 6.08. The molecule has 3 N–H and O–H groups in total. The van der Waals surface area contributed by atoms with Crippen LogP contribution in [0, 0.1) is 5.92 Å². The number of hydrogen-bond donors (Lipinski definition) is 2. The minimum absolute atomic E-state index is 0.174. The summed E-state index contributed by atoms with van der Waals surface area (Å²) in [5.74, 6) is 0.994. The number of fused-ring (bicyclic) bond motifs is 1. The van der Waals surface area contributed by atoms with Crippen molar-refractivity contribution in [1.82, 2.24) is 25.0 Å². The van der Waals surface area contributed by atoms with Gasteiger partial charge in [0.1, 0.15) is 5.82 Å². The number of nitrogens with two attached hydrogens (primary N) is 1. The molecule has 0 saturated heterocycles. The van der Waals surface area contributed by atoms with Crippen LogP contribution in [-0.2, 0) is 31.0 Å². The quantitative estimate of drug-likeness (QED) is 0.853. The van der Waals surface area contributed by atoms with Gasteiger partial charge in [-0.25, -0.2) is 4.98 Å². The Kier molecular flexibility index (Phi) is 4.88. The second-order valence-corrected chi connectivity index (χ2v) is 7.31. The summed E-state index contributed by atoms with van der Waals surface area (Å²) in [7, 11) is 0. The second kappa shape index (κ2) is 7.45. The number of carbonyl (C=O) groups is 1. The van der Waals surface area contributed by atoms with E-state index in [1.165, 1.54) is 12.1 Å². The third-order valence-electron chi connectivity index (χ3n) is 5.38. The van der Waals surface area contributed by atoms with Crippen LogP contribution in [0.4, 0.5) is 5.82 Å². The van der Waals surface area contributed by atoms with Crippen molar-refractivity contribution in [3.63, 3.8) is 0 Å². The summed E-state index contributed by atoms with van der Waals surface area (Å²) in [4.78, 5) is 18.6. The van der Waals surface area contributed by atoms with Crippen LogP contribution < -0.4 is 11.1 Å². The molecule has 138 valence electrons. The Labute approximate surface area is 153 Å². The maximum atomic E-state index is 12.0. The molecule has 1 aliphatic heterocycles. The summed E-state index contributed by atoms with van der Waals surface area (Å²) in [5, 5.41) is 7.71. The molecule has 7 heteroatoms. The summed E-state index contributed by atoms with van der Waals surface area (Å²) in [5.41, 5.74) is 9.18. The van der Waals surface area contributed by atoms with Gasteiger partial charge in [-0.2, -0.15) is 5.10 Å². The third-order valence-corrected chi connectivity index (χ3v) is 5.38. The van der Waals surface area contributed by atoms with Gasteiger partial charge in [-0.05, 0) is 31.4 Å². The van der Waals surface area contributed by atoms with Gasteiger partial charge in [-0.1, -0.05) is 12.5 Å². The molecule has 0 unspecified atom stereocenters. The van der Waals surface area contributed by atoms with Gasteiger partial charge in [0, 0.05) is 43.9 Å². The molecule has 2 aromatic heterocycles. The van der Waals surface area contributed by atoms with Gasteiger partial charge in [0.05, 0.1) is 17.9 Å². The highest BCUT2D eigenvalue weighted by atomic mass is 16.1. The number of nitrogens with zero attached hydrogens (tertiary/aromatic N) is 4. The predicted molar refractivity (Wildman–Crippen MR) is 98.8 cm³/mol. The van der Waals surface area contributed by atoms with Gasteiger partial charge < -0.3 is 11.1 Å². The van der Waals surface area contributed by atoms with Crippen molar-refractivity contribution in [2.24, 2.45) is 5.92 Å². The van der Waals surface area contributed by atoms with E-state index in [0.29, 0.717) is 12.4 Å². The van der Waals surface area contributed by atoms with Gasteiger partial charge in [-0.3, -0.25) is 14.4 Å². The van der Waals surface area contributed by atoms with E-state index in [-0.39, 0.29) is 11.8 Å². The standard InChI is InChI=1S/C19H26N6O/c20-18-15(6-2-7-21-18)12-24-8-3-9-25-17(13-24)10-16(23-25)11-22-19(26)14-4-1-5-14/h2,6-7,10,14H,1,3-5,8-9,11-13H2,(H2,20,21)(H,22,26). The largest absolute Gasteiger partial charge is 0.383 e. The molecule has 2 aliphatic rings. The topological polar surface area (TPSA) is 89.1 Å². The van der Waals surface area contributed by atoms with Crippen molar-refractivity contribution in [3.8, 4) is 0 Å². The minimum atomic E-state index is 0.174. The van der Waals surface area contributed by atoms with E-state index in [4.69, 9.17) is 5.73 Å². The number of aromatic nitrogens is 3. The lowest BCUT2D eigenvalue weighted by molar-refractivity contribution is -0.127. The van der Waals surface area contributed by atoms with Gasteiger partial charge in [0.15, 0.2) is 0 Å². The van der Waals surface area contributed by atoms with Crippen LogP contribution in [0.25, 0.3) is 0 Å². The molecule has 0 radical (unpaired) electrons. The molecule has 1 amide bonds. The first kappa shape index (κ1) is 17.0. The van der Waals surface area contributed by atoms with Crippen LogP contribution in [0.5, 0.6) is 0 Å². The second-order valence-electron chi connectivity index (χ2n) is 7.31. The van der Waals surface area contributed by atoms with Gasteiger partial charge in [-0.15, -0.1) is 0 Å².